The molecule has 4 rings (SSSR count). The molecule has 12 heteroatoms. The van der Waals surface area contributed by atoms with Crippen molar-refractivity contribution in [2.45, 2.75) is 23.3 Å². The van der Waals surface area contributed by atoms with E-state index in [0.29, 0.717) is 17.3 Å². The third-order valence-corrected chi connectivity index (χ3v) is 7.95. The van der Waals surface area contributed by atoms with Gasteiger partial charge in [-0.1, -0.05) is 17.7 Å². The minimum atomic E-state index is -4.55. The minimum Gasteiger partial charge on any atom is -0.506 e. The number of H-pyrrole nitrogens is 1. The Morgan fingerprint density at radius 3 is 2.18 bits per heavy atom. The van der Waals surface area contributed by atoms with E-state index in [1.54, 1.807) is 25.1 Å². The van der Waals surface area contributed by atoms with Crippen molar-refractivity contribution < 1.29 is 27.7 Å². The molecule has 204 valence electrons. The van der Waals surface area contributed by atoms with Crippen molar-refractivity contribution in [2.75, 3.05) is 20.8 Å². The summed E-state index contributed by atoms with van der Waals surface area (Å²) in [5.74, 6) is -0.241. The fraction of sp³-hybridized carbons (Fsp3) is 0.185. The van der Waals surface area contributed by atoms with E-state index in [4.69, 9.17) is 25.8 Å². The maximum atomic E-state index is 13.7. The lowest BCUT2D eigenvalue weighted by Gasteiger charge is -2.19. The van der Waals surface area contributed by atoms with Gasteiger partial charge < -0.3 is 24.3 Å². The van der Waals surface area contributed by atoms with Crippen LogP contribution in [0.1, 0.15) is 12.6 Å². The molecular weight excluding hydrogens is 548 g/mol. The molecule has 0 aliphatic rings. The van der Waals surface area contributed by atoms with Gasteiger partial charge in [0.25, 0.3) is 11.1 Å². The van der Waals surface area contributed by atoms with Crippen molar-refractivity contribution in [1.82, 2.24) is 9.55 Å². The quantitative estimate of drug-likeness (QED) is 0.308. The summed E-state index contributed by atoms with van der Waals surface area (Å²) in [6.45, 7) is 1.92. The molecular formula is C27H25ClN2O8S. The second kappa shape index (κ2) is 11.4. The molecule has 0 bridgehead atoms. The van der Waals surface area contributed by atoms with Crippen LogP contribution in [0, 0.1) is 0 Å². The number of aromatic amines is 1. The number of aromatic hydroxyl groups is 1. The van der Waals surface area contributed by atoms with Crippen molar-refractivity contribution in [2.24, 2.45) is 0 Å². The monoisotopic (exact) mass is 572 g/mol. The number of pyridine rings is 2. The number of hydrogen-bond acceptors (Lipinski definition) is 8. The normalized spacial score (nSPS) is 11.4. The highest BCUT2D eigenvalue weighted by atomic mass is 35.5. The van der Waals surface area contributed by atoms with Gasteiger partial charge in [-0.2, -0.15) is 0 Å². The Hall–Kier alpha value is -4.06. The van der Waals surface area contributed by atoms with Crippen LogP contribution in [0.4, 0.5) is 0 Å². The highest BCUT2D eigenvalue weighted by molar-refractivity contribution is 7.91. The Bertz CT molecular complexity index is 1720. The zero-order valence-electron chi connectivity index (χ0n) is 21.2. The number of hydrogen-bond donors (Lipinski definition) is 2. The summed E-state index contributed by atoms with van der Waals surface area (Å²) in [5.41, 5.74) is -0.696. The average molecular weight is 573 g/mol. The molecule has 2 N–H and O–H groups in total. The Balaban J connectivity index is 1.93. The summed E-state index contributed by atoms with van der Waals surface area (Å²) in [5, 5.41) is 11.7. The van der Waals surface area contributed by atoms with Crippen LogP contribution >= 0.6 is 11.6 Å². The number of sulfone groups is 1. The van der Waals surface area contributed by atoms with Gasteiger partial charge >= 0.3 is 0 Å². The molecule has 0 radical (unpaired) electrons. The molecule has 0 aliphatic carbocycles. The van der Waals surface area contributed by atoms with Crippen molar-refractivity contribution in [3.05, 3.63) is 92.2 Å². The van der Waals surface area contributed by atoms with Gasteiger partial charge in [0.05, 0.1) is 47.6 Å². The Labute approximate surface area is 228 Å². The van der Waals surface area contributed by atoms with Gasteiger partial charge in [0, 0.05) is 24.6 Å². The summed E-state index contributed by atoms with van der Waals surface area (Å²) in [6.07, 6.45) is 1.40. The molecule has 0 spiro atoms. The molecule has 0 fully saturated rings. The SMILES string of the molecule is CCOCc1[nH]c(=O)c(S(=O)(=O)c2ccc(-n3cc(Cl)ccc3=O)cc2)c(O)c1-c1c(OC)cccc1OC. The minimum absolute atomic E-state index is 0.0157. The predicted molar refractivity (Wildman–Crippen MR) is 145 cm³/mol. The van der Waals surface area contributed by atoms with Crippen LogP contribution in [-0.4, -0.2) is 43.9 Å². The molecule has 0 saturated carbocycles. The van der Waals surface area contributed by atoms with Crippen LogP contribution < -0.4 is 20.6 Å². The molecule has 2 aromatic heterocycles. The van der Waals surface area contributed by atoms with Crippen LogP contribution in [0.25, 0.3) is 16.8 Å². The van der Waals surface area contributed by atoms with Crippen LogP contribution in [0.15, 0.2) is 80.2 Å². The topological polar surface area (TPSA) is 137 Å². The lowest BCUT2D eigenvalue weighted by atomic mass is 10.0. The maximum absolute atomic E-state index is 13.7. The number of benzene rings is 2. The van der Waals surface area contributed by atoms with Crippen LogP contribution in [0.5, 0.6) is 17.2 Å². The maximum Gasteiger partial charge on any atom is 0.271 e. The van der Waals surface area contributed by atoms with Crippen molar-refractivity contribution >= 4 is 21.4 Å². The van der Waals surface area contributed by atoms with E-state index in [9.17, 15) is 23.1 Å². The number of halogens is 1. The molecule has 2 aromatic carbocycles. The van der Waals surface area contributed by atoms with E-state index in [2.05, 4.69) is 4.98 Å². The number of nitrogens with zero attached hydrogens (tertiary/aromatic N) is 1. The van der Waals surface area contributed by atoms with Crippen LogP contribution in [-0.2, 0) is 21.2 Å². The van der Waals surface area contributed by atoms with Gasteiger partial charge in [-0.15, -0.1) is 0 Å². The molecule has 0 amide bonds. The summed E-state index contributed by atoms with van der Waals surface area (Å²) in [4.78, 5) is 26.8. The van der Waals surface area contributed by atoms with Crippen LogP contribution in [0.3, 0.4) is 0 Å². The third kappa shape index (κ3) is 5.29. The molecule has 10 nitrogen and oxygen atoms in total. The Morgan fingerprint density at radius 2 is 1.59 bits per heavy atom. The zero-order valence-corrected chi connectivity index (χ0v) is 22.8. The standard InChI is InChI=1S/C27H25ClN2O8S/c1-4-38-15-19-23(24-20(36-2)6-5-7-21(24)37-3)25(32)26(27(33)29-19)39(34,35)18-11-9-17(10-12-18)30-14-16(28)8-13-22(30)31/h5-14H,4,15H2,1-3H3,(H2,29,32,33). The first-order valence-electron chi connectivity index (χ1n) is 11.6. The van der Waals surface area contributed by atoms with E-state index in [1.165, 1.54) is 61.4 Å². The van der Waals surface area contributed by atoms with Gasteiger partial charge in [-0.3, -0.25) is 14.2 Å². The summed E-state index contributed by atoms with van der Waals surface area (Å²) in [6, 6.07) is 12.8. The second-order valence-electron chi connectivity index (χ2n) is 8.21. The lowest BCUT2D eigenvalue weighted by Crippen LogP contribution is -2.21. The van der Waals surface area contributed by atoms with Crippen LogP contribution in [0.2, 0.25) is 5.02 Å². The summed E-state index contributed by atoms with van der Waals surface area (Å²) in [7, 11) is -1.73. The fourth-order valence-corrected chi connectivity index (χ4v) is 5.66. The number of ether oxygens (including phenoxy) is 3. The summed E-state index contributed by atoms with van der Waals surface area (Å²) >= 11 is 5.99. The highest BCUT2D eigenvalue weighted by Gasteiger charge is 2.32. The largest absolute Gasteiger partial charge is 0.506 e. The smallest absolute Gasteiger partial charge is 0.271 e. The van der Waals surface area contributed by atoms with Gasteiger partial charge in [0.1, 0.15) is 17.2 Å². The molecule has 2 heterocycles. The van der Waals surface area contributed by atoms with Crippen molar-refractivity contribution in [1.29, 1.82) is 0 Å². The first kappa shape index (κ1) is 28.0. The van der Waals surface area contributed by atoms with E-state index in [-0.39, 0.29) is 45.4 Å². The summed E-state index contributed by atoms with van der Waals surface area (Å²) < 4.78 is 45.0. The predicted octanol–water partition coefficient (Wildman–Crippen LogP) is 3.94. The van der Waals surface area contributed by atoms with E-state index < -0.39 is 26.0 Å². The molecule has 4 aromatic rings. The number of methoxy groups -OCH3 is 2. The van der Waals surface area contributed by atoms with E-state index in [1.807, 2.05) is 0 Å². The zero-order chi connectivity index (χ0) is 28.3. The molecule has 39 heavy (non-hydrogen) atoms. The second-order valence-corrected chi connectivity index (χ2v) is 10.5. The first-order chi connectivity index (χ1) is 18.6. The molecule has 0 atom stereocenters. The van der Waals surface area contributed by atoms with Gasteiger partial charge in [0.15, 0.2) is 4.90 Å². The number of aromatic nitrogens is 2. The molecule has 0 unspecified atom stereocenters. The lowest BCUT2D eigenvalue weighted by molar-refractivity contribution is 0.131. The third-order valence-electron chi connectivity index (χ3n) is 5.92. The van der Waals surface area contributed by atoms with Gasteiger partial charge in [0.2, 0.25) is 9.84 Å². The Morgan fingerprint density at radius 1 is 0.949 bits per heavy atom. The average Bonchev–Trinajstić information content (AvgIpc) is 2.92. The molecule has 0 aliphatic heterocycles. The molecule has 0 saturated heterocycles. The Kier molecular flexibility index (Phi) is 8.14. The van der Waals surface area contributed by atoms with Crippen molar-refractivity contribution in [3.63, 3.8) is 0 Å². The van der Waals surface area contributed by atoms with Gasteiger partial charge in [-0.05, 0) is 49.4 Å². The first-order valence-corrected chi connectivity index (χ1v) is 13.5. The fourth-order valence-electron chi connectivity index (χ4n) is 4.12. The van der Waals surface area contributed by atoms with Gasteiger partial charge in [-0.25, -0.2) is 8.42 Å². The van der Waals surface area contributed by atoms with E-state index in [0.717, 1.165) is 0 Å². The van der Waals surface area contributed by atoms with E-state index >= 15 is 0 Å². The van der Waals surface area contributed by atoms with Crippen molar-refractivity contribution in [3.8, 4) is 34.1 Å². The number of nitrogens with one attached hydrogen (secondary N) is 1. The highest BCUT2D eigenvalue weighted by Crippen LogP contribution is 2.45. The number of rotatable bonds is 9.